The molecule has 3 nitrogen and oxygen atoms in total. The lowest BCUT2D eigenvalue weighted by Gasteiger charge is -2.20. The fraction of sp³-hybridized carbons (Fsp3) is 0.438. The van der Waals surface area contributed by atoms with Crippen LogP contribution in [0, 0.1) is 6.92 Å². The van der Waals surface area contributed by atoms with Gasteiger partial charge in [0.1, 0.15) is 0 Å². The van der Waals surface area contributed by atoms with Crippen molar-refractivity contribution >= 4 is 0 Å². The molecule has 102 valence electrons. The van der Waals surface area contributed by atoms with E-state index in [2.05, 4.69) is 47.7 Å². The van der Waals surface area contributed by atoms with Crippen molar-refractivity contribution in [3.63, 3.8) is 0 Å². The quantitative estimate of drug-likeness (QED) is 0.860. The van der Waals surface area contributed by atoms with Crippen LogP contribution in [0.4, 0.5) is 0 Å². The van der Waals surface area contributed by atoms with Crippen molar-refractivity contribution in [2.75, 3.05) is 6.54 Å². The van der Waals surface area contributed by atoms with Crippen LogP contribution in [0.15, 0.2) is 36.8 Å². The third kappa shape index (κ3) is 3.04. The number of unbranched alkanes of at least 4 members (excludes halogenated alkanes) is 1. The van der Waals surface area contributed by atoms with Gasteiger partial charge in [-0.3, -0.25) is 0 Å². The normalized spacial score (nSPS) is 12.6. The zero-order chi connectivity index (χ0) is 13.7. The fourth-order valence-electron chi connectivity index (χ4n) is 2.47. The Morgan fingerprint density at radius 1 is 1.32 bits per heavy atom. The predicted molar refractivity (Wildman–Crippen MR) is 80.0 cm³/mol. The van der Waals surface area contributed by atoms with Crippen LogP contribution in [0.1, 0.15) is 37.8 Å². The van der Waals surface area contributed by atoms with Gasteiger partial charge in [0.15, 0.2) is 0 Å². The maximum absolute atomic E-state index is 5.94. The summed E-state index contributed by atoms with van der Waals surface area (Å²) in [5.74, 6) is 0. The molecule has 0 bridgehead atoms. The summed E-state index contributed by atoms with van der Waals surface area (Å²) >= 11 is 0. The van der Waals surface area contributed by atoms with Gasteiger partial charge in [-0.05, 0) is 18.9 Å². The first-order chi connectivity index (χ1) is 9.27. The van der Waals surface area contributed by atoms with E-state index in [4.69, 9.17) is 5.73 Å². The minimum absolute atomic E-state index is 0.344. The first-order valence-electron chi connectivity index (χ1n) is 7.05. The molecule has 0 saturated heterocycles. The SMILES string of the molecule is CCCCC(CN)n1cncc1-c1ccccc1C. The topological polar surface area (TPSA) is 43.8 Å². The standard InChI is InChI=1S/C16H23N3/c1-3-4-8-14(10-17)19-12-18-11-16(19)15-9-6-5-7-13(15)2/h5-7,9,11-12,14H,3-4,8,10,17H2,1-2H3. The third-order valence-corrected chi connectivity index (χ3v) is 3.64. The summed E-state index contributed by atoms with van der Waals surface area (Å²) in [5.41, 5.74) is 9.63. The molecular formula is C16H23N3. The smallest absolute Gasteiger partial charge is 0.0954 e. The van der Waals surface area contributed by atoms with Crippen LogP contribution in [0.5, 0.6) is 0 Å². The molecule has 19 heavy (non-hydrogen) atoms. The largest absolute Gasteiger partial charge is 0.328 e. The molecular weight excluding hydrogens is 234 g/mol. The molecule has 1 aromatic carbocycles. The maximum Gasteiger partial charge on any atom is 0.0954 e. The first-order valence-corrected chi connectivity index (χ1v) is 7.05. The Morgan fingerprint density at radius 3 is 2.79 bits per heavy atom. The van der Waals surface area contributed by atoms with Crippen LogP contribution in [0.2, 0.25) is 0 Å². The number of imidazole rings is 1. The minimum Gasteiger partial charge on any atom is -0.328 e. The van der Waals surface area contributed by atoms with Crippen molar-refractivity contribution < 1.29 is 0 Å². The summed E-state index contributed by atoms with van der Waals surface area (Å²) in [5, 5.41) is 0. The molecule has 0 radical (unpaired) electrons. The first kappa shape index (κ1) is 13.8. The van der Waals surface area contributed by atoms with Crippen molar-refractivity contribution in [2.45, 2.75) is 39.2 Å². The lowest BCUT2D eigenvalue weighted by atomic mass is 10.0. The van der Waals surface area contributed by atoms with E-state index in [-0.39, 0.29) is 0 Å². The molecule has 0 aliphatic heterocycles. The van der Waals surface area contributed by atoms with E-state index in [0.29, 0.717) is 12.6 Å². The van der Waals surface area contributed by atoms with E-state index in [1.807, 2.05) is 12.5 Å². The van der Waals surface area contributed by atoms with Crippen molar-refractivity contribution in [1.82, 2.24) is 9.55 Å². The van der Waals surface area contributed by atoms with E-state index in [1.165, 1.54) is 29.7 Å². The second kappa shape index (κ2) is 6.53. The van der Waals surface area contributed by atoms with Gasteiger partial charge in [0.05, 0.1) is 18.2 Å². The Bertz CT molecular complexity index is 516. The van der Waals surface area contributed by atoms with E-state index in [0.717, 1.165) is 6.42 Å². The molecule has 3 heteroatoms. The zero-order valence-corrected chi connectivity index (χ0v) is 11.8. The van der Waals surface area contributed by atoms with Gasteiger partial charge in [-0.2, -0.15) is 0 Å². The summed E-state index contributed by atoms with van der Waals surface area (Å²) in [4.78, 5) is 4.32. The molecule has 1 aromatic heterocycles. The van der Waals surface area contributed by atoms with Gasteiger partial charge in [0, 0.05) is 18.2 Å². The highest BCUT2D eigenvalue weighted by molar-refractivity contribution is 5.63. The third-order valence-electron chi connectivity index (χ3n) is 3.64. The van der Waals surface area contributed by atoms with Crippen LogP contribution in [-0.2, 0) is 0 Å². The molecule has 0 aliphatic rings. The van der Waals surface area contributed by atoms with Crippen molar-refractivity contribution in [2.24, 2.45) is 5.73 Å². The second-order valence-corrected chi connectivity index (χ2v) is 5.03. The Morgan fingerprint density at radius 2 is 2.11 bits per heavy atom. The van der Waals surface area contributed by atoms with Crippen LogP contribution in [-0.4, -0.2) is 16.1 Å². The average molecular weight is 257 g/mol. The van der Waals surface area contributed by atoms with Crippen LogP contribution < -0.4 is 5.73 Å². The number of hydrogen-bond acceptors (Lipinski definition) is 2. The molecule has 1 atom stereocenters. The number of hydrogen-bond donors (Lipinski definition) is 1. The van der Waals surface area contributed by atoms with Gasteiger partial charge in [-0.25, -0.2) is 4.98 Å². The second-order valence-electron chi connectivity index (χ2n) is 5.03. The molecule has 2 aromatic rings. The Hall–Kier alpha value is -1.61. The molecule has 0 spiro atoms. The summed E-state index contributed by atoms with van der Waals surface area (Å²) in [6.07, 6.45) is 7.37. The summed E-state index contributed by atoms with van der Waals surface area (Å²) in [6, 6.07) is 8.77. The molecule has 0 fully saturated rings. The Labute approximate surface area is 115 Å². The van der Waals surface area contributed by atoms with Gasteiger partial charge >= 0.3 is 0 Å². The van der Waals surface area contributed by atoms with Gasteiger partial charge in [-0.15, -0.1) is 0 Å². The highest BCUT2D eigenvalue weighted by Gasteiger charge is 2.14. The van der Waals surface area contributed by atoms with Gasteiger partial charge < -0.3 is 10.3 Å². The molecule has 0 amide bonds. The van der Waals surface area contributed by atoms with Crippen molar-refractivity contribution in [1.29, 1.82) is 0 Å². The highest BCUT2D eigenvalue weighted by Crippen LogP contribution is 2.27. The summed E-state index contributed by atoms with van der Waals surface area (Å²) in [6.45, 7) is 5.01. The molecule has 2 N–H and O–H groups in total. The van der Waals surface area contributed by atoms with E-state index >= 15 is 0 Å². The Balaban J connectivity index is 2.34. The predicted octanol–water partition coefficient (Wildman–Crippen LogP) is 3.55. The van der Waals surface area contributed by atoms with E-state index in [9.17, 15) is 0 Å². The Kier molecular flexibility index (Phi) is 4.74. The minimum atomic E-state index is 0.344. The number of rotatable bonds is 6. The molecule has 0 aliphatic carbocycles. The lowest BCUT2D eigenvalue weighted by molar-refractivity contribution is 0.461. The number of aromatic nitrogens is 2. The van der Waals surface area contributed by atoms with Gasteiger partial charge in [0.25, 0.3) is 0 Å². The van der Waals surface area contributed by atoms with Crippen LogP contribution >= 0.6 is 0 Å². The average Bonchev–Trinajstić information content (AvgIpc) is 2.89. The molecule has 2 rings (SSSR count). The van der Waals surface area contributed by atoms with Gasteiger partial charge in [0.2, 0.25) is 0 Å². The van der Waals surface area contributed by atoms with Gasteiger partial charge in [-0.1, -0.05) is 44.0 Å². The number of benzene rings is 1. The fourth-order valence-corrected chi connectivity index (χ4v) is 2.47. The molecule has 0 saturated carbocycles. The number of nitrogens with zero attached hydrogens (tertiary/aromatic N) is 2. The molecule has 1 heterocycles. The van der Waals surface area contributed by atoms with Crippen LogP contribution in [0.3, 0.4) is 0 Å². The number of aryl methyl sites for hydroxylation is 1. The summed E-state index contributed by atoms with van der Waals surface area (Å²) < 4.78 is 2.23. The van der Waals surface area contributed by atoms with Crippen molar-refractivity contribution in [3.05, 3.63) is 42.4 Å². The van der Waals surface area contributed by atoms with Crippen molar-refractivity contribution in [3.8, 4) is 11.3 Å². The monoisotopic (exact) mass is 257 g/mol. The lowest BCUT2D eigenvalue weighted by Crippen LogP contribution is -2.19. The maximum atomic E-state index is 5.94. The highest BCUT2D eigenvalue weighted by atomic mass is 15.1. The van der Waals surface area contributed by atoms with E-state index < -0.39 is 0 Å². The zero-order valence-electron chi connectivity index (χ0n) is 11.8. The molecule has 1 unspecified atom stereocenters. The van der Waals surface area contributed by atoms with E-state index in [1.54, 1.807) is 0 Å². The van der Waals surface area contributed by atoms with Crippen LogP contribution in [0.25, 0.3) is 11.3 Å². The number of nitrogens with two attached hydrogens (primary N) is 1. The summed E-state index contributed by atoms with van der Waals surface area (Å²) in [7, 11) is 0.